The molecule has 2 rings (SSSR count). The van der Waals surface area contributed by atoms with E-state index in [0.29, 0.717) is 5.69 Å². The fraction of sp³-hybridized carbons (Fsp3) is 0.0714. The lowest BCUT2D eigenvalue weighted by Crippen LogP contribution is -2.10. The van der Waals surface area contributed by atoms with Crippen molar-refractivity contribution in [3.8, 4) is 5.75 Å². The molecule has 0 unspecified atom stereocenters. The predicted octanol–water partition coefficient (Wildman–Crippen LogP) is 2.41. The largest absolute Gasteiger partial charge is 0.379 e. The Kier molecular flexibility index (Phi) is 4.05. The van der Waals surface area contributed by atoms with Crippen LogP contribution in [-0.2, 0) is 14.9 Å². The molecular weight excluding hydrogens is 278 g/mol. The minimum absolute atomic E-state index is 0.0740. The second kappa shape index (κ2) is 5.75. The first-order valence-electron chi connectivity index (χ1n) is 5.84. The third-order valence-corrected chi connectivity index (χ3v) is 3.65. The standard InChI is InChI=1S/C14H13NO4S/c1-11(16)15-12-6-5-7-13(10-12)19-20(17,18)14-8-3-2-4-9-14/h2-10H,1H3,(H,15,16). The highest BCUT2D eigenvalue weighted by atomic mass is 32.2. The number of anilines is 1. The van der Waals surface area contributed by atoms with Crippen LogP contribution in [0.25, 0.3) is 0 Å². The molecule has 0 fully saturated rings. The molecule has 0 spiro atoms. The first-order valence-corrected chi connectivity index (χ1v) is 7.25. The van der Waals surface area contributed by atoms with Crippen molar-refractivity contribution in [1.82, 2.24) is 0 Å². The Morgan fingerprint density at radius 1 is 1.05 bits per heavy atom. The summed E-state index contributed by atoms with van der Waals surface area (Å²) in [6.45, 7) is 1.37. The number of hydrogen-bond acceptors (Lipinski definition) is 4. The maximum Gasteiger partial charge on any atom is 0.339 e. The van der Waals surface area contributed by atoms with Gasteiger partial charge in [0.15, 0.2) is 0 Å². The van der Waals surface area contributed by atoms with Gasteiger partial charge in [-0.1, -0.05) is 24.3 Å². The van der Waals surface area contributed by atoms with Gasteiger partial charge in [0.2, 0.25) is 5.91 Å². The van der Waals surface area contributed by atoms with Crippen LogP contribution in [0.15, 0.2) is 59.5 Å². The summed E-state index contributed by atoms with van der Waals surface area (Å²) in [6, 6.07) is 14.0. The van der Waals surface area contributed by atoms with Gasteiger partial charge in [-0.05, 0) is 24.3 Å². The van der Waals surface area contributed by atoms with Crippen LogP contribution in [0.2, 0.25) is 0 Å². The molecule has 0 radical (unpaired) electrons. The van der Waals surface area contributed by atoms with Crippen LogP contribution in [0, 0.1) is 0 Å². The van der Waals surface area contributed by atoms with E-state index in [-0.39, 0.29) is 16.6 Å². The van der Waals surface area contributed by atoms with E-state index in [4.69, 9.17) is 4.18 Å². The van der Waals surface area contributed by atoms with Crippen molar-refractivity contribution >= 4 is 21.7 Å². The average Bonchev–Trinajstić information content (AvgIpc) is 2.39. The van der Waals surface area contributed by atoms with Crippen molar-refractivity contribution in [2.24, 2.45) is 0 Å². The molecule has 0 saturated heterocycles. The monoisotopic (exact) mass is 291 g/mol. The van der Waals surface area contributed by atoms with Crippen LogP contribution in [0.1, 0.15) is 6.92 Å². The van der Waals surface area contributed by atoms with E-state index in [2.05, 4.69) is 5.32 Å². The first-order chi connectivity index (χ1) is 9.47. The highest BCUT2D eigenvalue weighted by Crippen LogP contribution is 2.21. The number of rotatable bonds is 4. The SMILES string of the molecule is CC(=O)Nc1cccc(OS(=O)(=O)c2ccccc2)c1. The summed E-state index contributed by atoms with van der Waals surface area (Å²) in [5.74, 6) is -0.104. The normalized spacial score (nSPS) is 10.8. The molecule has 0 aliphatic carbocycles. The lowest BCUT2D eigenvalue weighted by molar-refractivity contribution is -0.114. The molecule has 1 amide bonds. The van der Waals surface area contributed by atoms with Crippen molar-refractivity contribution < 1.29 is 17.4 Å². The van der Waals surface area contributed by atoms with Crippen molar-refractivity contribution in [3.05, 3.63) is 54.6 Å². The van der Waals surface area contributed by atoms with E-state index in [9.17, 15) is 13.2 Å². The van der Waals surface area contributed by atoms with E-state index in [1.165, 1.54) is 31.2 Å². The van der Waals surface area contributed by atoms with Gasteiger partial charge in [-0.15, -0.1) is 0 Å². The lowest BCUT2D eigenvalue weighted by Gasteiger charge is -2.08. The minimum atomic E-state index is -3.87. The fourth-order valence-electron chi connectivity index (χ4n) is 1.59. The van der Waals surface area contributed by atoms with E-state index in [1.54, 1.807) is 30.3 Å². The van der Waals surface area contributed by atoms with Crippen LogP contribution < -0.4 is 9.50 Å². The van der Waals surface area contributed by atoms with Gasteiger partial charge in [-0.3, -0.25) is 4.79 Å². The molecule has 2 aromatic rings. The topological polar surface area (TPSA) is 72.5 Å². The number of benzene rings is 2. The molecule has 0 heterocycles. The Hall–Kier alpha value is -2.34. The molecule has 0 atom stereocenters. The molecule has 1 N–H and O–H groups in total. The quantitative estimate of drug-likeness (QED) is 0.878. The first kappa shape index (κ1) is 14.1. The summed E-state index contributed by atoms with van der Waals surface area (Å²) in [6.07, 6.45) is 0. The Bertz CT molecular complexity index is 711. The fourth-order valence-corrected chi connectivity index (χ4v) is 2.53. The third kappa shape index (κ3) is 3.58. The summed E-state index contributed by atoms with van der Waals surface area (Å²) in [5, 5.41) is 2.56. The van der Waals surface area contributed by atoms with Gasteiger partial charge in [-0.25, -0.2) is 0 Å². The Morgan fingerprint density at radius 2 is 1.75 bits per heavy atom. The van der Waals surface area contributed by atoms with Crippen molar-refractivity contribution in [2.75, 3.05) is 5.32 Å². The minimum Gasteiger partial charge on any atom is -0.379 e. The zero-order chi connectivity index (χ0) is 14.6. The van der Waals surface area contributed by atoms with Crippen LogP contribution in [0.4, 0.5) is 5.69 Å². The van der Waals surface area contributed by atoms with Gasteiger partial charge in [0.1, 0.15) is 10.6 Å². The second-order valence-corrected chi connectivity index (χ2v) is 5.61. The van der Waals surface area contributed by atoms with Gasteiger partial charge < -0.3 is 9.50 Å². The molecule has 6 heteroatoms. The summed E-state index contributed by atoms with van der Waals surface area (Å²) in [7, 11) is -3.87. The summed E-state index contributed by atoms with van der Waals surface area (Å²) >= 11 is 0. The molecule has 0 aliphatic heterocycles. The number of carbonyl (C=O) groups is 1. The maximum absolute atomic E-state index is 12.0. The van der Waals surface area contributed by atoms with Crippen LogP contribution >= 0.6 is 0 Å². The van der Waals surface area contributed by atoms with E-state index in [1.807, 2.05) is 0 Å². The van der Waals surface area contributed by atoms with Crippen molar-refractivity contribution in [2.45, 2.75) is 11.8 Å². The number of hydrogen-bond donors (Lipinski definition) is 1. The Morgan fingerprint density at radius 3 is 2.40 bits per heavy atom. The molecular formula is C14H13NO4S. The van der Waals surface area contributed by atoms with Gasteiger partial charge in [0.25, 0.3) is 0 Å². The van der Waals surface area contributed by atoms with Crippen LogP contribution in [0.5, 0.6) is 5.75 Å². The third-order valence-electron chi connectivity index (χ3n) is 2.39. The van der Waals surface area contributed by atoms with Gasteiger partial charge in [0.05, 0.1) is 0 Å². The number of nitrogens with one attached hydrogen (secondary N) is 1. The van der Waals surface area contributed by atoms with E-state index < -0.39 is 10.1 Å². The zero-order valence-corrected chi connectivity index (χ0v) is 11.6. The summed E-state index contributed by atoms with van der Waals surface area (Å²) < 4.78 is 29.1. The van der Waals surface area contributed by atoms with Crippen LogP contribution in [-0.4, -0.2) is 14.3 Å². The predicted molar refractivity (Wildman–Crippen MR) is 75.0 cm³/mol. The molecule has 2 aromatic carbocycles. The lowest BCUT2D eigenvalue weighted by atomic mass is 10.3. The summed E-state index contributed by atoms with van der Waals surface area (Å²) in [4.78, 5) is 11.0. The van der Waals surface area contributed by atoms with Gasteiger partial charge in [-0.2, -0.15) is 8.42 Å². The molecule has 0 saturated carbocycles. The zero-order valence-electron chi connectivity index (χ0n) is 10.7. The van der Waals surface area contributed by atoms with Gasteiger partial charge in [0, 0.05) is 18.7 Å². The number of carbonyl (C=O) groups excluding carboxylic acids is 1. The molecule has 0 aliphatic rings. The van der Waals surface area contributed by atoms with Crippen molar-refractivity contribution in [1.29, 1.82) is 0 Å². The molecule has 0 bridgehead atoms. The molecule has 104 valence electrons. The molecule has 5 nitrogen and oxygen atoms in total. The smallest absolute Gasteiger partial charge is 0.339 e. The van der Waals surface area contributed by atoms with Crippen LogP contribution in [0.3, 0.4) is 0 Å². The Balaban J connectivity index is 2.24. The average molecular weight is 291 g/mol. The second-order valence-electron chi connectivity index (χ2n) is 4.06. The van der Waals surface area contributed by atoms with Crippen molar-refractivity contribution in [3.63, 3.8) is 0 Å². The number of amides is 1. The Labute approximate surface area is 117 Å². The maximum atomic E-state index is 12.0. The van der Waals surface area contributed by atoms with E-state index in [0.717, 1.165) is 0 Å². The van der Waals surface area contributed by atoms with Gasteiger partial charge >= 0.3 is 10.1 Å². The molecule has 20 heavy (non-hydrogen) atoms. The summed E-state index contributed by atoms with van der Waals surface area (Å²) in [5.41, 5.74) is 0.471. The van der Waals surface area contributed by atoms with E-state index >= 15 is 0 Å². The highest BCUT2D eigenvalue weighted by molar-refractivity contribution is 7.87. The molecule has 0 aromatic heterocycles. The highest BCUT2D eigenvalue weighted by Gasteiger charge is 2.16.